The van der Waals surface area contributed by atoms with Gasteiger partial charge in [0, 0.05) is 18.7 Å². The number of rotatable bonds is 3. The van der Waals surface area contributed by atoms with Crippen LogP contribution in [0.3, 0.4) is 0 Å². The molecule has 0 aromatic carbocycles. The van der Waals surface area contributed by atoms with Crippen LogP contribution >= 0.6 is 0 Å². The molecule has 1 fully saturated rings. The van der Waals surface area contributed by atoms with Gasteiger partial charge in [-0.05, 0) is 6.92 Å². The summed E-state index contributed by atoms with van der Waals surface area (Å²) in [5.74, 6) is -0.191. The Morgan fingerprint density at radius 3 is 3.08 bits per heavy atom. The van der Waals surface area contributed by atoms with E-state index in [1.54, 1.807) is 6.08 Å². The standard InChI is InChI=1S/C9H13NO2/c1-3-5-10-7(2)8-4-6-12-9(8)11/h3,10H,1,4-6H2,2H3/b8-7-. The van der Waals surface area contributed by atoms with Gasteiger partial charge in [-0.25, -0.2) is 4.79 Å². The van der Waals surface area contributed by atoms with Crippen LogP contribution in [0.5, 0.6) is 0 Å². The average Bonchev–Trinajstić information content (AvgIpc) is 2.47. The summed E-state index contributed by atoms with van der Waals surface area (Å²) in [7, 11) is 0. The molecule has 1 aliphatic rings. The highest BCUT2D eigenvalue weighted by molar-refractivity contribution is 5.90. The summed E-state index contributed by atoms with van der Waals surface area (Å²) in [4.78, 5) is 11.0. The second kappa shape index (κ2) is 3.95. The fourth-order valence-electron chi connectivity index (χ4n) is 1.11. The lowest BCUT2D eigenvalue weighted by Gasteiger charge is -2.04. The molecule has 0 radical (unpaired) electrons. The van der Waals surface area contributed by atoms with Gasteiger partial charge in [-0.15, -0.1) is 6.58 Å². The maximum atomic E-state index is 11.0. The van der Waals surface area contributed by atoms with Gasteiger partial charge in [0.25, 0.3) is 0 Å². The number of esters is 1. The van der Waals surface area contributed by atoms with Gasteiger partial charge < -0.3 is 10.1 Å². The van der Waals surface area contributed by atoms with Crippen LogP contribution in [-0.2, 0) is 9.53 Å². The van der Waals surface area contributed by atoms with E-state index in [0.29, 0.717) is 13.2 Å². The van der Waals surface area contributed by atoms with E-state index in [1.165, 1.54) is 0 Å². The topological polar surface area (TPSA) is 38.3 Å². The van der Waals surface area contributed by atoms with Gasteiger partial charge in [0.2, 0.25) is 0 Å². The van der Waals surface area contributed by atoms with E-state index in [0.717, 1.165) is 17.7 Å². The van der Waals surface area contributed by atoms with Crippen molar-refractivity contribution in [1.29, 1.82) is 0 Å². The van der Waals surface area contributed by atoms with Crippen LogP contribution in [-0.4, -0.2) is 19.1 Å². The molecule has 0 atom stereocenters. The SMILES string of the molecule is C=CCN/C(C)=C1/CCOC1=O. The minimum Gasteiger partial charge on any atom is -0.462 e. The first kappa shape index (κ1) is 8.84. The fraction of sp³-hybridized carbons (Fsp3) is 0.444. The number of nitrogens with one attached hydrogen (secondary N) is 1. The van der Waals surface area contributed by atoms with Gasteiger partial charge in [0.1, 0.15) is 0 Å². The van der Waals surface area contributed by atoms with E-state index in [4.69, 9.17) is 4.74 Å². The van der Waals surface area contributed by atoms with Crippen LogP contribution in [0.2, 0.25) is 0 Å². The third kappa shape index (κ3) is 1.87. The van der Waals surface area contributed by atoms with E-state index >= 15 is 0 Å². The first-order valence-corrected chi connectivity index (χ1v) is 3.97. The molecule has 0 aromatic heterocycles. The van der Waals surface area contributed by atoms with Crippen LogP contribution in [0.4, 0.5) is 0 Å². The van der Waals surface area contributed by atoms with Crippen LogP contribution in [0.1, 0.15) is 13.3 Å². The Morgan fingerprint density at radius 2 is 2.58 bits per heavy atom. The number of hydrogen-bond donors (Lipinski definition) is 1. The van der Waals surface area contributed by atoms with Gasteiger partial charge in [-0.1, -0.05) is 6.08 Å². The van der Waals surface area contributed by atoms with Crippen molar-refractivity contribution in [3.05, 3.63) is 23.9 Å². The molecule has 3 heteroatoms. The highest BCUT2D eigenvalue weighted by Gasteiger charge is 2.20. The molecule has 1 heterocycles. The van der Waals surface area contributed by atoms with Crippen LogP contribution in [0.25, 0.3) is 0 Å². The maximum absolute atomic E-state index is 11.0. The average molecular weight is 167 g/mol. The Balaban J connectivity index is 2.61. The van der Waals surface area contributed by atoms with Crippen molar-refractivity contribution in [2.24, 2.45) is 0 Å². The lowest BCUT2D eigenvalue weighted by molar-refractivity contribution is -0.135. The Bertz CT molecular complexity index is 231. The Kier molecular flexibility index (Phi) is 2.91. The second-order valence-corrected chi connectivity index (χ2v) is 2.66. The van der Waals surface area contributed by atoms with Crippen molar-refractivity contribution in [2.45, 2.75) is 13.3 Å². The minimum absolute atomic E-state index is 0.191. The summed E-state index contributed by atoms with van der Waals surface area (Å²) in [6.45, 7) is 6.66. The molecule has 0 bridgehead atoms. The molecule has 66 valence electrons. The second-order valence-electron chi connectivity index (χ2n) is 2.66. The highest BCUT2D eigenvalue weighted by atomic mass is 16.5. The Morgan fingerprint density at radius 1 is 1.83 bits per heavy atom. The van der Waals surface area contributed by atoms with Crippen molar-refractivity contribution < 1.29 is 9.53 Å². The molecule has 0 saturated carbocycles. The van der Waals surface area contributed by atoms with Gasteiger partial charge in [0.15, 0.2) is 0 Å². The first-order valence-electron chi connectivity index (χ1n) is 3.97. The lowest BCUT2D eigenvalue weighted by Crippen LogP contribution is -2.14. The quantitative estimate of drug-likeness (QED) is 0.387. The molecule has 0 aromatic rings. The Hall–Kier alpha value is -1.25. The molecule has 12 heavy (non-hydrogen) atoms. The molecule has 0 aliphatic carbocycles. The number of carbonyl (C=O) groups is 1. The van der Waals surface area contributed by atoms with E-state index in [2.05, 4.69) is 11.9 Å². The molecule has 0 unspecified atom stereocenters. The largest absolute Gasteiger partial charge is 0.462 e. The molecule has 1 aliphatic heterocycles. The van der Waals surface area contributed by atoms with Crippen molar-refractivity contribution in [2.75, 3.05) is 13.2 Å². The van der Waals surface area contributed by atoms with Gasteiger partial charge in [-0.2, -0.15) is 0 Å². The molecule has 1 saturated heterocycles. The van der Waals surface area contributed by atoms with Gasteiger partial charge in [0.05, 0.1) is 12.2 Å². The normalized spacial score (nSPS) is 20.2. The van der Waals surface area contributed by atoms with Gasteiger partial charge >= 0.3 is 5.97 Å². The predicted molar refractivity (Wildman–Crippen MR) is 46.5 cm³/mol. The van der Waals surface area contributed by atoms with Crippen molar-refractivity contribution in [3.63, 3.8) is 0 Å². The summed E-state index contributed by atoms with van der Waals surface area (Å²) >= 11 is 0. The van der Waals surface area contributed by atoms with E-state index in [1.807, 2.05) is 6.92 Å². The predicted octanol–water partition coefficient (Wildman–Crippen LogP) is 0.983. The summed E-state index contributed by atoms with van der Waals surface area (Å²) in [5.41, 5.74) is 1.66. The Labute approximate surface area is 72.1 Å². The molecule has 0 amide bonds. The molecule has 0 spiro atoms. The van der Waals surface area contributed by atoms with Crippen LogP contribution in [0, 0.1) is 0 Å². The van der Waals surface area contributed by atoms with E-state index in [-0.39, 0.29) is 5.97 Å². The molecule has 3 nitrogen and oxygen atoms in total. The van der Waals surface area contributed by atoms with Crippen LogP contribution < -0.4 is 5.32 Å². The summed E-state index contributed by atoms with van der Waals surface area (Å²) in [6.07, 6.45) is 2.47. The zero-order valence-electron chi connectivity index (χ0n) is 7.22. The first-order chi connectivity index (χ1) is 5.75. The summed E-state index contributed by atoms with van der Waals surface area (Å²) < 4.78 is 4.80. The highest BCUT2D eigenvalue weighted by Crippen LogP contribution is 2.15. The molecule has 1 rings (SSSR count). The number of ether oxygens (including phenoxy) is 1. The molecule has 1 N–H and O–H groups in total. The number of hydrogen-bond acceptors (Lipinski definition) is 3. The maximum Gasteiger partial charge on any atom is 0.335 e. The van der Waals surface area contributed by atoms with Crippen molar-refractivity contribution >= 4 is 5.97 Å². The summed E-state index contributed by atoms with van der Waals surface area (Å²) in [6, 6.07) is 0. The van der Waals surface area contributed by atoms with Crippen molar-refractivity contribution in [1.82, 2.24) is 5.32 Å². The zero-order chi connectivity index (χ0) is 8.97. The smallest absolute Gasteiger partial charge is 0.335 e. The fourth-order valence-corrected chi connectivity index (χ4v) is 1.11. The number of cyclic esters (lactones) is 1. The van der Waals surface area contributed by atoms with Crippen LogP contribution in [0.15, 0.2) is 23.9 Å². The number of allylic oxidation sites excluding steroid dienone is 1. The van der Waals surface area contributed by atoms with Gasteiger partial charge in [-0.3, -0.25) is 0 Å². The van der Waals surface area contributed by atoms with E-state index in [9.17, 15) is 4.79 Å². The number of carbonyl (C=O) groups excluding carboxylic acids is 1. The molecular formula is C9H13NO2. The van der Waals surface area contributed by atoms with Crippen molar-refractivity contribution in [3.8, 4) is 0 Å². The molecular weight excluding hydrogens is 154 g/mol. The third-order valence-electron chi connectivity index (χ3n) is 1.80. The monoisotopic (exact) mass is 167 g/mol. The minimum atomic E-state index is -0.191. The zero-order valence-corrected chi connectivity index (χ0v) is 7.22. The third-order valence-corrected chi connectivity index (χ3v) is 1.80. The lowest BCUT2D eigenvalue weighted by atomic mass is 10.2. The summed E-state index contributed by atoms with van der Waals surface area (Å²) in [5, 5.41) is 3.07. The van der Waals surface area contributed by atoms with E-state index < -0.39 is 0 Å².